The van der Waals surface area contributed by atoms with Crippen molar-refractivity contribution in [2.24, 2.45) is 5.92 Å². The van der Waals surface area contributed by atoms with Crippen molar-refractivity contribution in [3.8, 4) is 0 Å². The Kier molecular flexibility index (Phi) is 3.56. The molecule has 2 heterocycles. The highest BCUT2D eigenvalue weighted by Gasteiger charge is 2.15. The summed E-state index contributed by atoms with van der Waals surface area (Å²) >= 11 is 0. The molecule has 3 heteroatoms. The Morgan fingerprint density at radius 2 is 2.11 bits per heavy atom. The van der Waals surface area contributed by atoms with Gasteiger partial charge in [-0.1, -0.05) is 19.9 Å². The van der Waals surface area contributed by atoms with E-state index in [-0.39, 0.29) is 0 Å². The van der Waals surface area contributed by atoms with Gasteiger partial charge in [0.15, 0.2) is 11.5 Å². The molecule has 3 rings (SSSR count). The van der Waals surface area contributed by atoms with Crippen LogP contribution >= 0.6 is 0 Å². The first-order valence-electron chi connectivity index (χ1n) is 7.32. The molecular weight excluding hydrogens is 236 g/mol. The van der Waals surface area contributed by atoms with Gasteiger partial charge in [0.25, 0.3) is 0 Å². The van der Waals surface area contributed by atoms with Gasteiger partial charge in [0, 0.05) is 5.92 Å². The van der Waals surface area contributed by atoms with Crippen LogP contribution in [0.4, 0.5) is 0 Å². The lowest BCUT2D eigenvalue weighted by atomic mass is 9.91. The number of nitrogens with zero attached hydrogens (tertiary/aromatic N) is 1. The van der Waals surface area contributed by atoms with Gasteiger partial charge >= 0.3 is 0 Å². The summed E-state index contributed by atoms with van der Waals surface area (Å²) in [7, 11) is 0. The van der Waals surface area contributed by atoms with Gasteiger partial charge in [-0.3, -0.25) is 0 Å². The van der Waals surface area contributed by atoms with E-state index >= 15 is 0 Å². The minimum Gasteiger partial charge on any atom is -0.440 e. The zero-order chi connectivity index (χ0) is 13.2. The van der Waals surface area contributed by atoms with Crippen LogP contribution in [0.3, 0.4) is 0 Å². The molecule has 2 aromatic rings. The first-order chi connectivity index (χ1) is 9.22. The first-order valence-corrected chi connectivity index (χ1v) is 7.32. The quantitative estimate of drug-likeness (QED) is 0.915. The molecule has 0 aliphatic carbocycles. The Labute approximate surface area is 114 Å². The van der Waals surface area contributed by atoms with Crippen LogP contribution in [0.1, 0.15) is 44.1 Å². The van der Waals surface area contributed by atoms with Crippen LogP contribution in [0.25, 0.3) is 11.1 Å². The molecule has 1 saturated heterocycles. The SMILES string of the molecule is CC(C)c1nc2ccc(CC3CCNCC3)cc2o1. The van der Waals surface area contributed by atoms with E-state index in [0.717, 1.165) is 42.4 Å². The van der Waals surface area contributed by atoms with Gasteiger partial charge in [0.05, 0.1) is 0 Å². The van der Waals surface area contributed by atoms with E-state index in [1.54, 1.807) is 0 Å². The van der Waals surface area contributed by atoms with Gasteiger partial charge in [-0.2, -0.15) is 0 Å². The standard InChI is InChI=1S/C16H22N2O/c1-11(2)16-18-14-4-3-13(10-15(14)19-16)9-12-5-7-17-8-6-12/h3-4,10-12,17H,5-9H2,1-2H3. The average Bonchev–Trinajstić information content (AvgIpc) is 2.83. The monoisotopic (exact) mass is 258 g/mol. The maximum absolute atomic E-state index is 5.84. The number of hydrogen-bond donors (Lipinski definition) is 1. The summed E-state index contributed by atoms with van der Waals surface area (Å²) in [6.45, 7) is 6.54. The minimum atomic E-state index is 0.347. The fourth-order valence-corrected chi connectivity index (χ4v) is 2.78. The molecule has 1 fully saturated rings. The van der Waals surface area contributed by atoms with Crippen molar-refractivity contribution >= 4 is 11.1 Å². The molecule has 0 spiro atoms. The molecular formula is C16H22N2O. The third-order valence-corrected chi connectivity index (χ3v) is 3.95. The lowest BCUT2D eigenvalue weighted by Gasteiger charge is -2.22. The molecule has 0 atom stereocenters. The maximum Gasteiger partial charge on any atom is 0.198 e. The van der Waals surface area contributed by atoms with Gasteiger partial charge in [-0.15, -0.1) is 0 Å². The fourth-order valence-electron chi connectivity index (χ4n) is 2.78. The number of hydrogen-bond acceptors (Lipinski definition) is 3. The Hall–Kier alpha value is -1.35. The predicted molar refractivity (Wildman–Crippen MR) is 77.4 cm³/mol. The Morgan fingerprint density at radius 1 is 1.32 bits per heavy atom. The number of benzene rings is 1. The fraction of sp³-hybridized carbons (Fsp3) is 0.562. The van der Waals surface area contributed by atoms with E-state index in [0.29, 0.717) is 5.92 Å². The first kappa shape index (κ1) is 12.7. The highest BCUT2D eigenvalue weighted by Crippen LogP contribution is 2.24. The van der Waals surface area contributed by atoms with Crippen molar-refractivity contribution in [1.29, 1.82) is 0 Å². The second-order valence-electron chi connectivity index (χ2n) is 5.91. The van der Waals surface area contributed by atoms with E-state index in [1.807, 2.05) is 0 Å². The molecule has 1 aliphatic rings. The summed E-state index contributed by atoms with van der Waals surface area (Å²) in [4.78, 5) is 4.52. The third-order valence-electron chi connectivity index (χ3n) is 3.95. The van der Waals surface area contributed by atoms with Gasteiger partial charge in [0.1, 0.15) is 5.52 Å². The lowest BCUT2D eigenvalue weighted by molar-refractivity contribution is 0.372. The second kappa shape index (κ2) is 5.33. The molecule has 1 N–H and O–H groups in total. The van der Waals surface area contributed by atoms with E-state index in [1.165, 1.54) is 18.4 Å². The average molecular weight is 258 g/mol. The van der Waals surface area contributed by atoms with E-state index in [4.69, 9.17) is 4.42 Å². The number of piperidine rings is 1. The summed E-state index contributed by atoms with van der Waals surface area (Å²) in [5.74, 6) is 2.00. The molecule has 1 aliphatic heterocycles. The molecule has 3 nitrogen and oxygen atoms in total. The molecule has 0 saturated carbocycles. The molecule has 1 aromatic heterocycles. The van der Waals surface area contributed by atoms with Crippen molar-refractivity contribution in [2.45, 2.75) is 39.0 Å². The minimum absolute atomic E-state index is 0.347. The molecule has 0 radical (unpaired) electrons. The van der Waals surface area contributed by atoms with Crippen molar-refractivity contribution in [3.05, 3.63) is 29.7 Å². The number of fused-ring (bicyclic) bond motifs is 1. The van der Waals surface area contributed by atoms with Gasteiger partial charge in [-0.05, 0) is 56.0 Å². The van der Waals surface area contributed by atoms with Crippen molar-refractivity contribution in [1.82, 2.24) is 10.3 Å². The Bertz CT molecular complexity index is 553. The van der Waals surface area contributed by atoms with E-state index < -0.39 is 0 Å². The molecule has 1 aromatic carbocycles. The summed E-state index contributed by atoms with van der Waals surface area (Å²) < 4.78 is 5.84. The zero-order valence-electron chi connectivity index (χ0n) is 11.8. The van der Waals surface area contributed by atoms with Crippen molar-refractivity contribution in [2.75, 3.05) is 13.1 Å². The molecule has 0 amide bonds. The second-order valence-corrected chi connectivity index (χ2v) is 5.91. The molecule has 0 unspecified atom stereocenters. The van der Waals surface area contributed by atoms with Crippen LogP contribution in [-0.2, 0) is 6.42 Å². The summed E-state index contributed by atoms with van der Waals surface area (Å²) in [6, 6.07) is 6.48. The lowest BCUT2D eigenvalue weighted by Crippen LogP contribution is -2.28. The predicted octanol–water partition coefficient (Wildman–Crippen LogP) is 3.49. The normalized spacial score (nSPS) is 17.4. The molecule has 102 valence electrons. The Morgan fingerprint density at radius 3 is 2.84 bits per heavy atom. The van der Waals surface area contributed by atoms with Crippen LogP contribution < -0.4 is 5.32 Å². The van der Waals surface area contributed by atoms with E-state index in [2.05, 4.69) is 42.3 Å². The molecule has 19 heavy (non-hydrogen) atoms. The summed E-state index contributed by atoms with van der Waals surface area (Å²) in [5, 5.41) is 3.42. The number of oxazole rings is 1. The summed E-state index contributed by atoms with van der Waals surface area (Å²) in [6.07, 6.45) is 3.73. The van der Waals surface area contributed by atoms with Crippen LogP contribution in [-0.4, -0.2) is 18.1 Å². The largest absolute Gasteiger partial charge is 0.440 e. The van der Waals surface area contributed by atoms with E-state index in [9.17, 15) is 0 Å². The summed E-state index contributed by atoms with van der Waals surface area (Å²) in [5.41, 5.74) is 3.30. The topological polar surface area (TPSA) is 38.1 Å². The number of rotatable bonds is 3. The van der Waals surface area contributed by atoms with Crippen molar-refractivity contribution in [3.63, 3.8) is 0 Å². The zero-order valence-corrected chi connectivity index (χ0v) is 11.8. The van der Waals surface area contributed by atoms with Gasteiger partial charge < -0.3 is 9.73 Å². The third kappa shape index (κ3) is 2.81. The molecule has 0 bridgehead atoms. The maximum atomic E-state index is 5.84. The van der Waals surface area contributed by atoms with Crippen LogP contribution in [0.5, 0.6) is 0 Å². The van der Waals surface area contributed by atoms with Gasteiger partial charge in [-0.25, -0.2) is 4.98 Å². The number of aromatic nitrogens is 1. The number of nitrogens with one attached hydrogen (secondary N) is 1. The van der Waals surface area contributed by atoms with Crippen LogP contribution in [0.2, 0.25) is 0 Å². The highest BCUT2D eigenvalue weighted by molar-refractivity contribution is 5.73. The highest BCUT2D eigenvalue weighted by atomic mass is 16.3. The smallest absolute Gasteiger partial charge is 0.198 e. The van der Waals surface area contributed by atoms with Gasteiger partial charge in [0.2, 0.25) is 0 Å². The van der Waals surface area contributed by atoms with Crippen LogP contribution in [0.15, 0.2) is 22.6 Å². The van der Waals surface area contributed by atoms with Crippen molar-refractivity contribution < 1.29 is 4.42 Å². The Balaban J connectivity index is 1.80. The van der Waals surface area contributed by atoms with Crippen LogP contribution in [0, 0.1) is 5.92 Å².